The summed E-state index contributed by atoms with van der Waals surface area (Å²) in [7, 11) is 0. The molecule has 1 aromatic carbocycles. The van der Waals surface area contributed by atoms with Gasteiger partial charge in [0.15, 0.2) is 11.6 Å². The van der Waals surface area contributed by atoms with E-state index in [0.717, 1.165) is 37.8 Å². The van der Waals surface area contributed by atoms with Crippen molar-refractivity contribution < 1.29 is 18.7 Å². The number of amides is 2. The number of halogens is 2. The maximum atomic E-state index is 13.3. The maximum absolute atomic E-state index is 13.3. The second kappa shape index (κ2) is 6.67. The molecule has 6 heteroatoms. The largest absolute Gasteiger partial charge is 0.389 e. The first kappa shape index (κ1) is 17.1. The first-order valence-corrected chi connectivity index (χ1v) is 8.62. The highest BCUT2D eigenvalue weighted by molar-refractivity contribution is 5.74. The molecule has 3 rings (SSSR count). The van der Waals surface area contributed by atoms with E-state index in [4.69, 9.17) is 0 Å². The summed E-state index contributed by atoms with van der Waals surface area (Å²) in [5, 5.41) is 13.5. The van der Waals surface area contributed by atoms with Crippen molar-refractivity contribution in [3.05, 3.63) is 35.4 Å². The molecule has 0 aromatic heterocycles. The molecule has 1 aromatic rings. The zero-order chi connectivity index (χ0) is 17.3. The lowest BCUT2D eigenvalue weighted by molar-refractivity contribution is -0.0871. The molecule has 3 unspecified atom stereocenters. The fraction of sp³-hybridized carbons (Fsp3) is 0.611. The number of hydrogen-bond acceptors (Lipinski definition) is 2. The Morgan fingerprint density at radius 2 is 2.12 bits per heavy atom. The SMILES string of the molecule is CC(NC(=O)N1CCC2(O)CCCCC2C1)c1ccc(F)c(F)c1. The van der Waals surface area contributed by atoms with Gasteiger partial charge < -0.3 is 15.3 Å². The number of carbonyl (C=O) groups is 1. The summed E-state index contributed by atoms with van der Waals surface area (Å²) >= 11 is 0. The molecular weight excluding hydrogens is 314 g/mol. The van der Waals surface area contributed by atoms with E-state index in [1.807, 2.05) is 0 Å². The predicted molar refractivity (Wildman–Crippen MR) is 86.4 cm³/mol. The molecule has 0 bridgehead atoms. The number of nitrogens with one attached hydrogen (secondary N) is 1. The lowest BCUT2D eigenvalue weighted by Crippen LogP contribution is -2.56. The van der Waals surface area contributed by atoms with Gasteiger partial charge in [0.2, 0.25) is 0 Å². The third-order valence-corrected chi connectivity index (χ3v) is 5.50. The van der Waals surface area contributed by atoms with Crippen LogP contribution in [-0.4, -0.2) is 34.7 Å². The van der Waals surface area contributed by atoms with Gasteiger partial charge in [0.05, 0.1) is 11.6 Å². The fourth-order valence-electron chi connectivity index (χ4n) is 3.90. The van der Waals surface area contributed by atoms with E-state index in [0.29, 0.717) is 25.1 Å². The Morgan fingerprint density at radius 1 is 1.33 bits per heavy atom. The number of benzene rings is 1. The van der Waals surface area contributed by atoms with Gasteiger partial charge >= 0.3 is 6.03 Å². The van der Waals surface area contributed by atoms with Crippen molar-refractivity contribution in [2.75, 3.05) is 13.1 Å². The van der Waals surface area contributed by atoms with Gasteiger partial charge in [-0.1, -0.05) is 18.9 Å². The van der Waals surface area contributed by atoms with Crippen molar-refractivity contribution in [2.45, 2.75) is 50.7 Å². The Morgan fingerprint density at radius 3 is 2.88 bits per heavy atom. The van der Waals surface area contributed by atoms with Gasteiger partial charge in [0.1, 0.15) is 0 Å². The smallest absolute Gasteiger partial charge is 0.317 e. The molecule has 2 N–H and O–H groups in total. The molecule has 1 saturated carbocycles. The summed E-state index contributed by atoms with van der Waals surface area (Å²) < 4.78 is 26.3. The number of rotatable bonds is 2. The normalized spacial score (nSPS) is 28.2. The van der Waals surface area contributed by atoms with Gasteiger partial charge in [-0.15, -0.1) is 0 Å². The van der Waals surface area contributed by atoms with Crippen LogP contribution < -0.4 is 5.32 Å². The summed E-state index contributed by atoms with van der Waals surface area (Å²) in [5.41, 5.74) is -0.103. The quantitative estimate of drug-likeness (QED) is 0.869. The molecule has 0 radical (unpaired) electrons. The van der Waals surface area contributed by atoms with E-state index in [1.54, 1.807) is 11.8 Å². The minimum atomic E-state index is -0.918. The van der Waals surface area contributed by atoms with Crippen LogP contribution in [0.15, 0.2) is 18.2 Å². The van der Waals surface area contributed by atoms with Crippen LogP contribution in [0.1, 0.15) is 50.6 Å². The molecule has 24 heavy (non-hydrogen) atoms. The molecule has 2 fully saturated rings. The molecule has 1 saturated heterocycles. The Kier molecular flexibility index (Phi) is 4.76. The first-order chi connectivity index (χ1) is 11.4. The summed E-state index contributed by atoms with van der Waals surface area (Å²) in [6.45, 7) is 2.81. The van der Waals surface area contributed by atoms with E-state index in [1.165, 1.54) is 6.07 Å². The van der Waals surface area contributed by atoms with Crippen LogP contribution >= 0.6 is 0 Å². The number of fused-ring (bicyclic) bond motifs is 1. The predicted octanol–water partition coefficient (Wildman–Crippen LogP) is 3.36. The molecule has 132 valence electrons. The van der Waals surface area contributed by atoms with Crippen molar-refractivity contribution in [1.82, 2.24) is 10.2 Å². The van der Waals surface area contributed by atoms with Gasteiger partial charge in [0, 0.05) is 19.0 Å². The van der Waals surface area contributed by atoms with E-state index in [-0.39, 0.29) is 11.9 Å². The van der Waals surface area contributed by atoms with E-state index in [9.17, 15) is 18.7 Å². The van der Waals surface area contributed by atoms with Crippen LogP contribution in [0.5, 0.6) is 0 Å². The highest BCUT2D eigenvalue weighted by Gasteiger charge is 2.43. The summed E-state index contributed by atoms with van der Waals surface area (Å²) in [6, 6.07) is 3.01. The summed E-state index contributed by atoms with van der Waals surface area (Å²) in [6.07, 6.45) is 4.50. The zero-order valence-corrected chi connectivity index (χ0v) is 13.9. The van der Waals surface area contributed by atoms with Crippen LogP contribution in [0.25, 0.3) is 0 Å². The van der Waals surface area contributed by atoms with Crippen LogP contribution in [0.4, 0.5) is 13.6 Å². The number of urea groups is 1. The number of carbonyl (C=O) groups excluding carboxylic acids is 1. The van der Waals surface area contributed by atoms with Gasteiger partial charge in [-0.25, -0.2) is 13.6 Å². The average Bonchev–Trinajstić information content (AvgIpc) is 2.56. The molecule has 1 aliphatic heterocycles. The number of aliphatic hydroxyl groups is 1. The van der Waals surface area contributed by atoms with Crippen molar-refractivity contribution in [3.63, 3.8) is 0 Å². The molecular formula is C18H24F2N2O2. The van der Waals surface area contributed by atoms with Crippen molar-refractivity contribution in [1.29, 1.82) is 0 Å². The Bertz CT molecular complexity index is 625. The van der Waals surface area contributed by atoms with Crippen LogP contribution in [0.2, 0.25) is 0 Å². The molecule has 4 nitrogen and oxygen atoms in total. The molecule has 1 aliphatic carbocycles. The first-order valence-electron chi connectivity index (χ1n) is 8.62. The Hall–Kier alpha value is -1.69. The lowest BCUT2D eigenvalue weighted by atomic mass is 9.71. The third kappa shape index (κ3) is 3.38. The second-order valence-corrected chi connectivity index (χ2v) is 7.09. The minimum absolute atomic E-state index is 0.129. The third-order valence-electron chi connectivity index (χ3n) is 5.50. The van der Waals surface area contributed by atoms with E-state index < -0.39 is 23.3 Å². The standard InChI is InChI=1S/C18H24F2N2O2/c1-12(13-5-6-15(19)16(20)10-13)21-17(23)22-9-8-18(24)7-3-2-4-14(18)11-22/h5-6,10,12,14,24H,2-4,7-9,11H2,1H3,(H,21,23). The number of likely N-dealkylation sites (tertiary alicyclic amines) is 1. The van der Waals surface area contributed by atoms with Crippen LogP contribution in [-0.2, 0) is 0 Å². The maximum Gasteiger partial charge on any atom is 0.317 e. The summed E-state index contributed by atoms with van der Waals surface area (Å²) in [4.78, 5) is 14.2. The highest BCUT2D eigenvalue weighted by atomic mass is 19.2. The zero-order valence-electron chi connectivity index (χ0n) is 13.9. The molecule has 1 heterocycles. The van der Waals surface area contributed by atoms with Gasteiger partial charge in [-0.05, 0) is 43.9 Å². The monoisotopic (exact) mass is 338 g/mol. The van der Waals surface area contributed by atoms with Gasteiger partial charge in [-0.2, -0.15) is 0 Å². The van der Waals surface area contributed by atoms with E-state index >= 15 is 0 Å². The lowest BCUT2D eigenvalue weighted by Gasteiger charge is -2.47. The molecule has 2 aliphatic rings. The minimum Gasteiger partial charge on any atom is -0.389 e. The second-order valence-electron chi connectivity index (χ2n) is 7.09. The molecule has 2 amide bonds. The van der Waals surface area contributed by atoms with Crippen molar-refractivity contribution in [2.24, 2.45) is 5.92 Å². The number of hydrogen-bond donors (Lipinski definition) is 2. The number of nitrogens with zero attached hydrogens (tertiary/aromatic N) is 1. The summed E-state index contributed by atoms with van der Waals surface area (Å²) in [5.74, 6) is -1.69. The Balaban J connectivity index is 1.61. The van der Waals surface area contributed by atoms with Crippen molar-refractivity contribution in [3.8, 4) is 0 Å². The average molecular weight is 338 g/mol. The number of piperidine rings is 1. The topological polar surface area (TPSA) is 52.6 Å². The van der Waals surface area contributed by atoms with E-state index in [2.05, 4.69) is 5.32 Å². The Labute approximate surface area is 140 Å². The van der Waals surface area contributed by atoms with Crippen LogP contribution in [0, 0.1) is 17.6 Å². The van der Waals surface area contributed by atoms with Gasteiger partial charge in [0.25, 0.3) is 0 Å². The van der Waals surface area contributed by atoms with Crippen molar-refractivity contribution >= 4 is 6.03 Å². The fourth-order valence-corrected chi connectivity index (χ4v) is 3.90. The highest BCUT2D eigenvalue weighted by Crippen LogP contribution is 2.39. The van der Waals surface area contributed by atoms with Gasteiger partial charge in [-0.3, -0.25) is 0 Å². The van der Waals surface area contributed by atoms with Crippen LogP contribution in [0.3, 0.4) is 0 Å². The molecule has 3 atom stereocenters. The molecule has 0 spiro atoms.